The van der Waals surface area contributed by atoms with Crippen LogP contribution in [-0.4, -0.2) is 18.0 Å². The lowest BCUT2D eigenvalue weighted by atomic mass is 10.0. The molecule has 0 radical (unpaired) electrons. The fourth-order valence-electron chi connectivity index (χ4n) is 2.96. The van der Waals surface area contributed by atoms with Crippen LogP contribution in [0.15, 0.2) is 77.9 Å². The summed E-state index contributed by atoms with van der Waals surface area (Å²) < 4.78 is 5.78. The average Bonchev–Trinajstić information content (AvgIpc) is 2.82. The summed E-state index contributed by atoms with van der Waals surface area (Å²) in [4.78, 5) is 24.0. The Morgan fingerprint density at radius 2 is 1.76 bits per heavy atom. The van der Waals surface area contributed by atoms with Gasteiger partial charge >= 0.3 is 11.8 Å². The zero-order valence-corrected chi connectivity index (χ0v) is 19.3. The molecule has 0 unspecified atom stereocenters. The molecule has 33 heavy (non-hydrogen) atoms. The standard InChI is InChI=1S/C26H26ClN3O3/c1-18(2)21-12-10-19(11-13-21)15-28-25(31)26(32)30-29-16-20-6-5-8-23(14-20)33-17-22-7-3-4-9-24(22)27/h3-14,16,18H,15,17H2,1-2H3,(H,28,31)(H,30,32)/b29-16-. The van der Waals surface area contributed by atoms with Crippen molar-refractivity contribution in [1.29, 1.82) is 0 Å². The van der Waals surface area contributed by atoms with Crippen molar-refractivity contribution in [2.75, 3.05) is 0 Å². The fourth-order valence-corrected chi connectivity index (χ4v) is 3.15. The Bertz CT molecular complexity index is 1130. The Morgan fingerprint density at radius 3 is 2.48 bits per heavy atom. The minimum Gasteiger partial charge on any atom is -0.489 e. The molecular formula is C26H26ClN3O3. The smallest absolute Gasteiger partial charge is 0.329 e. The van der Waals surface area contributed by atoms with Gasteiger partial charge < -0.3 is 10.1 Å². The van der Waals surface area contributed by atoms with Crippen LogP contribution in [0.2, 0.25) is 5.02 Å². The van der Waals surface area contributed by atoms with Gasteiger partial charge in [-0.1, -0.05) is 80.0 Å². The first kappa shape index (κ1) is 24.0. The van der Waals surface area contributed by atoms with Crippen molar-refractivity contribution in [2.45, 2.75) is 32.9 Å². The third-order valence-electron chi connectivity index (χ3n) is 4.90. The Labute approximate surface area is 198 Å². The number of hydrazone groups is 1. The molecule has 6 nitrogen and oxygen atoms in total. The zero-order valence-electron chi connectivity index (χ0n) is 18.5. The number of rotatable bonds is 8. The van der Waals surface area contributed by atoms with Gasteiger partial charge in [0.25, 0.3) is 0 Å². The highest BCUT2D eigenvalue weighted by molar-refractivity contribution is 6.35. The Balaban J connectivity index is 1.46. The summed E-state index contributed by atoms with van der Waals surface area (Å²) in [5.74, 6) is -0.522. The van der Waals surface area contributed by atoms with Crippen LogP contribution >= 0.6 is 11.6 Å². The molecule has 0 aromatic heterocycles. The average molecular weight is 464 g/mol. The van der Waals surface area contributed by atoms with E-state index in [4.69, 9.17) is 16.3 Å². The van der Waals surface area contributed by atoms with Crippen molar-refractivity contribution in [1.82, 2.24) is 10.7 Å². The first-order valence-electron chi connectivity index (χ1n) is 10.6. The van der Waals surface area contributed by atoms with Crippen LogP contribution in [0.1, 0.15) is 42.0 Å². The number of carbonyl (C=O) groups excluding carboxylic acids is 2. The summed E-state index contributed by atoms with van der Waals surface area (Å²) in [6.45, 7) is 4.83. The van der Waals surface area contributed by atoms with E-state index >= 15 is 0 Å². The van der Waals surface area contributed by atoms with Gasteiger partial charge in [-0.25, -0.2) is 5.43 Å². The largest absolute Gasteiger partial charge is 0.489 e. The van der Waals surface area contributed by atoms with Gasteiger partial charge in [0.15, 0.2) is 0 Å². The molecule has 0 aliphatic carbocycles. The highest BCUT2D eigenvalue weighted by Gasteiger charge is 2.12. The van der Waals surface area contributed by atoms with Gasteiger partial charge in [0, 0.05) is 17.1 Å². The van der Waals surface area contributed by atoms with Crippen LogP contribution in [0.3, 0.4) is 0 Å². The number of amides is 2. The maximum absolute atomic E-state index is 12.0. The summed E-state index contributed by atoms with van der Waals surface area (Å²) in [5.41, 5.74) is 5.96. The number of carbonyl (C=O) groups is 2. The molecule has 2 N–H and O–H groups in total. The van der Waals surface area contributed by atoms with E-state index in [1.54, 1.807) is 12.1 Å². The van der Waals surface area contributed by atoms with Gasteiger partial charge in [-0.3, -0.25) is 9.59 Å². The van der Waals surface area contributed by atoms with Crippen molar-refractivity contribution in [3.63, 3.8) is 0 Å². The number of halogens is 1. The molecule has 0 saturated heterocycles. The highest BCUT2D eigenvalue weighted by atomic mass is 35.5. The Morgan fingerprint density at radius 1 is 1.00 bits per heavy atom. The molecule has 0 fully saturated rings. The van der Waals surface area contributed by atoms with Crippen molar-refractivity contribution in [2.24, 2.45) is 5.10 Å². The van der Waals surface area contributed by atoms with Gasteiger partial charge in [0.2, 0.25) is 0 Å². The van der Waals surface area contributed by atoms with Gasteiger partial charge in [0.1, 0.15) is 12.4 Å². The van der Waals surface area contributed by atoms with E-state index in [-0.39, 0.29) is 6.54 Å². The van der Waals surface area contributed by atoms with E-state index in [9.17, 15) is 9.59 Å². The lowest BCUT2D eigenvalue weighted by Gasteiger charge is -2.08. The Kier molecular flexibility index (Phi) is 8.61. The molecule has 3 aromatic carbocycles. The second-order valence-corrected chi connectivity index (χ2v) is 8.14. The molecule has 0 saturated carbocycles. The molecule has 0 atom stereocenters. The van der Waals surface area contributed by atoms with Crippen LogP contribution < -0.4 is 15.5 Å². The minimum absolute atomic E-state index is 0.263. The maximum atomic E-state index is 12.0. The summed E-state index contributed by atoms with van der Waals surface area (Å²) in [6.07, 6.45) is 1.44. The zero-order chi connectivity index (χ0) is 23.6. The molecule has 0 aliphatic heterocycles. The first-order chi connectivity index (χ1) is 15.9. The number of hydrogen-bond donors (Lipinski definition) is 2. The van der Waals surface area contributed by atoms with Crippen molar-refractivity contribution in [3.8, 4) is 5.75 Å². The maximum Gasteiger partial charge on any atom is 0.329 e. The highest BCUT2D eigenvalue weighted by Crippen LogP contribution is 2.19. The first-order valence-corrected chi connectivity index (χ1v) is 11.0. The van der Waals surface area contributed by atoms with Gasteiger partial charge in [-0.15, -0.1) is 0 Å². The van der Waals surface area contributed by atoms with Gasteiger partial charge in [-0.2, -0.15) is 5.10 Å². The van der Waals surface area contributed by atoms with E-state index in [1.165, 1.54) is 11.8 Å². The summed E-state index contributed by atoms with van der Waals surface area (Å²) in [5, 5.41) is 7.09. The SMILES string of the molecule is CC(C)c1ccc(CNC(=O)C(=O)N/N=C\c2cccc(OCc3ccccc3Cl)c2)cc1. The molecule has 2 amide bonds. The Hall–Kier alpha value is -3.64. The van der Waals surface area contributed by atoms with Crippen LogP contribution in [0.4, 0.5) is 0 Å². The predicted octanol–water partition coefficient (Wildman–Crippen LogP) is 4.81. The lowest BCUT2D eigenvalue weighted by Crippen LogP contribution is -2.37. The molecule has 0 aliphatic rings. The van der Waals surface area contributed by atoms with Crippen LogP contribution in [0.25, 0.3) is 0 Å². The molecule has 3 aromatic rings. The van der Waals surface area contributed by atoms with E-state index in [1.807, 2.05) is 60.7 Å². The van der Waals surface area contributed by atoms with E-state index < -0.39 is 11.8 Å². The summed E-state index contributed by atoms with van der Waals surface area (Å²) >= 11 is 6.15. The van der Waals surface area contributed by atoms with Crippen LogP contribution in [0, 0.1) is 0 Å². The topological polar surface area (TPSA) is 79.8 Å². The van der Waals surface area contributed by atoms with Gasteiger partial charge in [0.05, 0.1) is 6.21 Å². The number of hydrogen-bond acceptors (Lipinski definition) is 4. The molecule has 0 spiro atoms. The number of ether oxygens (including phenoxy) is 1. The number of nitrogens with one attached hydrogen (secondary N) is 2. The van der Waals surface area contributed by atoms with Crippen molar-refractivity contribution >= 4 is 29.6 Å². The van der Waals surface area contributed by atoms with Crippen molar-refractivity contribution in [3.05, 3.63) is 100 Å². The third kappa shape index (κ3) is 7.47. The van der Waals surface area contributed by atoms with E-state index in [0.717, 1.165) is 11.1 Å². The van der Waals surface area contributed by atoms with Crippen molar-refractivity contribution < 1.29 is 14.3 Å². The summed E-state index contributed by atoms with van der Waals surface area (Å²) in [6, 6.07) is 22.6. The number of nitrogens with zero attached hydrogens (tertiary/aromatic N) is 1. The normalized spacial score (nSPS) is 10.9. The van der Waals surface area contributed by atoms with E-state index in [2.05, 4.69) is 29.7 Å². The molecule has 170 valence electrons. The quantitative estimate of drug-likeness (QED) is 0.286. The predicted molar refractivity (Wildman–Crippen MR) is 130 cm³/mol. The van der Waals surface area contributed by atoms with Crippen LogP contribution in [-0.2, 0) is 22.7 Å². The second kappa shape index (κ2) is 11.8. The lowest BCUT2D eigenvalue weighted by molar-refractivity contribution is -0.139. The van der Waals surface area contributed by atoms with Gasteiger partial charge in [-0.05, 0) is 40.8 Å². The summed E-state index contributed by atoms with van der Waals surface area (Å²) in [7, 11) is 0. The monoisotopic (exact) mass is 463 g/mol. The number of benzene rings is 3. The molecule has 7 heteroatoms. The molecule has 0 bridgehead atoms. The molecule has 0 heterocycles. The third-order valence-corrected chi connectivity index (χ3v) is 5.26. The fraction of sp³-hybridized carbons (Fsp3) is 0.192. The minimum atomic E-state index is -0.837. The molecule has 3 rings (SSSR count). The second-order valence-electron chi connectivity index (χ2n) is 7.73. The van der Waals surface area contributed by atoms with E-state index in [0.29, 0.717) is 28.9 Å². The molecular weight excluding hydrogens is 438 g/mol. The van der Waals surface area contributed by atoms with Crippen LogP contribution in [0.5, 0.6) is 5.75 Å².